The molecule has 0 spiro atoms. The molecule has 0 aromatic rings. The lowest BCUT2D eigenvalue weighted by atomic mass is 10.3. The van der Waals surface area contributed by atoms with Gasteiger partial charge in [0.2, 0.25) is 0 Å². The van der Waals surface area contributed by atoms with Crippen LogP contribution in [-0.4, -0.2) is 61.3 Å². The number of halogens is 2. The molecule has 1 rings (SSSR count). The van der Waals surface area contributed by atoms with Crippen molar-refractivity contribution in [2.24, 2.45) is 0 Å². The molecule has 3 nitrogen and oxygen atoms in total. The van der Waals surface area contributed by atoms with Crippen LogP contribution >= 0.6 is 24.8 Å². The van der Waals surface area contributed by atoms with Gasteiger partial charge >= 0.3 is 0 Å². The van der Waals surface area contributed by atoms with Crippen molar-refractivity contribution in [3.8, 4) is 0 Å². The van der Waals surface area contributed by atoms with Gasteiger partial charge in [0.1, 0.15) is 0 Å². The molecule has 1 aliphatic heterocycles. The van der Waals surface area contributed by atoms with Crippen LogP contribution in [0.5, 0.6) is 0 Å². The predicted molar refractivity (Wildman–Crippen MR) is 55.5 cm³/mol. The van der Waals surface area contributed by atoms with E-state index in [1.54, 1.807) is 0 Å². The lowest BCUT2D eigenvalue weighted by molar-refractivity contribution is 0.128. The topological polar surface area (TPSA) is 26.7 Å². The average molecular weight is 217 g/mol. The first kappa shape index (κ1) is 15.0. The smallest absolute Gasteiger partial charge is 0.0558 e. The Balaban J connectivity index is 0. The van der Waals surface area contributed by atoms with Crippen LogP contribution in [-0.2, 0) is 0 Å². The molecule has 1 fully saturated rings. The van der Waals surface area contributed by atoms with Gasteiger partial charge in [-0.1, -0.05) is 0 Å². The maximum Gasteiger partial charge on any atom is 0.0558 e. The molecule has 0 atom stereocenters. The Kier molecular flexibility index (Phi) is 10.1. The number of nitrogens with zero attached hydrogens (tertiary/aromatic N) is 2. The zero-order valence-corrected chi connectivity index (χ0v) is 9.03. The Bertz CT molecular complexity index is 97.4. The van der Waals surface area contributed by atoms with E-state index in [-0.39, 0.29) is 24.8 Å². The van der Waals surface area contributed by atoms with E-state index in [9.17, 15) is 0 Å². The van der Waals surface area contributed by atoms with Crippen LogP contribution in [0.25, 0.3) is 0 Å². The quantitative estimate of drug-likeness (QED) is 0.709. The minimum absolute atomic E-state index is 0. The van der Waals surface area contributed by atoms with Crippen molar-refractivity contribution in [1.82, 2.24) is 9.80 Å². The molecule has 0 bridgehead atoms. The third kappa shape index (κ3) is 5.17. The Hall–Kier alpha value is 0.460. The number of aliphatic hydroxyl groups is 1. The van der Waals surface area contributed by atoms with Crippen LogP contribution in [0.15, 0.2) is 0 Å². The van der Waals surface area contributed by atoms with Crippen LogP contribution in [0.2, 0.25) is 0 Å². The lowest BCUT2D eigenvalue weighted by Crippen LogP contribution is -2.45. The minimum Gasteiger partial charge on any atom is -0.395 e. The maximum atomic E-state index is 8.63. The minimum atomic E-state index is 0. The lowest BCUT2D eigenvalue weighted by Gasteiger charge is -2.31. The van der Waals surface area contributed by atoms with E-state index in [0.717, 1.165) is 32.7 Å². The number of likely N-dealkylation sites (N-methyl/N-ethyl adjacent to an activating group) is 1. The Morgan fingerprint density at radius 2 is 1.58 bits per heavy atom. The summed E-state index contributed by atoms with van der Waals surface area (Å²) in [5, 5.41) is 8.63. The molecule has 12 heavy (non-hydrogen) atoms. The van der Waals surface area contributed by atoms with Gasteiger partial charge in [0.05, 0.1) is 6.61 Å². The summed E-state index contributed by atoms with van der Waals surface area (Å²) in [7, 11) is 2.14. The molecule has 0 aromatic heterocycles. The summed E-state index contributed by atoms with van der Waals surface area (Å²) < 4.78 is 0. The highest BCUT2D eigenvalue weighted by molar-refractivity contribution is 5.85. The van der Waals surface area contributed by atoms with Crippen molar-refractivity contribution in [3.05, 3.63) is 0 Å². The number of β-amino-alcohol motifs (C(OH)–C–C–N with tert-alkyl or cyclic N) is 1. The predicted octanol–water partition coefficient (Wildman–Crippen LogP) is 0.0697. The van der Waals surface area contributed by atoms with Crippen molar-refractivity contribution >= 4 is 24.8 Å². The number of hydrogen-bond donors (Lipinski definition) is 1. The summed E-state index contributed by atoms with van der Waals surface area (Å²) in [6.45, 7) is 5.63. The van der Waals surface area contributed by atoms with E-state index >= 15 is 0 Å². The molecular formula is C7H18Cl2N2O. The Labute approximate surface area is 86.5 Å². The first-order chi connectivity index (χ1) is 4.83. The van der Waals surface area contributed by atoms with E-state index in [1.807, 2.05) is 0 Å². The SMILES string of the molecule is CN1CCN(CCO)CC1.Cl.Cl. The summed E-state index contributed by atoms with van der Waals surface area (Å²) in [6, 6.07) is 0. The van der Waals surface area contributed by atoms with Crippen LogP contribution in [0, 0.1) is 0 Å². The second kappa shape index (κ2) is 8.08. The van der Waals surface area contributed by atoms with E-state index in [1.165, 1.54) is 0 Å². The molecule has 0 saturated carbocycles. The van der Waals surface area contributed by atoms with Gasteiger partial charge in [0.25, 0.3) is 0 Å². The van der Waals surface area contributed by atoms with Gasteiger partial charge in [-0.3, -0.25) is 4.90 Å². The van der Waals surface area contributed by atoms with Gasteiger partial charge < -0.3 is 10.0 Å². The van der Waals surface area contributed by atoms with Crippen LogP contribution in [0.4, 0.5) is 0 Å². The average Bonchev–Trinajstić information content (AvgIpc) is 1.95. The number of hydrogen-bond acceptors (Lipinski definition) is 3. The third-order valence-corrected chi connectivity index (χ3v) is 2.01. The van der Waals surface area contributed by atoms with Gasteiger partial charge in [0, 0.05) is 32.7 Å². The van der Waals surface area contributed by atoms with Crippen molar-refractivity contribution in [2.75, 3.05) is 46.4 Å². The van der Waals surface area contributed by atoms with Gasteiger partial charge in [-0.05, 0) is 7.05 Å². The highest BCUT2D eigenvalue weighted by atomic mass is 35.5. The molecule has 5 heteroatoms. The maximum absolute atomic E-state index is 8.63. The summed E-state index contributed by atoms with van der Waals surface area (Å²) in [5.41, 5.74) is 0. The fourth-order valence-corrected chi connectivity index (χ4v) is 1.21. The normalized spacial score (nSPS) is 19.5. The molecule has 0 unspecified atom stereocenters. The number of rotatable bonds is 2. The van der Waals surface area contributed by atoms with Gasteiger partial charge in [-0.2, -0.15) is 0 Å². The summed E-state index contributed by atoms with van der Waals surface area (Å²) >= 11 is 0. The standard InChI is InChI=1S/C7H16N2O.2ClH/c1-8-2-4-9(5-3-8)6-7-10;;/h10H,2-7H2,1H3;2*1H. The molecule has 1 saturated heterocycles. The summed E-state index contributed by atoms with van der Waals surface area (Å²) in [4.78, 5) is 4.61. The van der Waals surface area contributed by atoms with E-state index in [0.29, 0.717) is 6.61 Å². The third-order valence-electron chi connectivity index (χ3n) is 2.01. The second-order valence-corrected chi connectivity index (χ2v) is 2.87. The molecule has 0 amide bonds. The highest BCUT2D eigenvalue weighted by Gasteiger charge is 2.11. The van der Waals surface area contributed by atoms with Crippen molar-refractivity contribution in [3.63, 3.8) is 0 Å². The fourth-order valence-electron chi connectivity index (χ4n) is 1.21. The molecule has 1 heterocycles. The molecule has 0 radical (unpaired) electrons. The van der Waals surface area contributed by atoms with Crippen LogP contribution in [0.3, 0.4) is 0 Å². The summed E-state index contributed by atoms with van der Waals surface area (Å²) in [6.07, 6.45) is 0. The first-order valence-corrected chi connectivity index (χ1v) is 3.84. The van der Waals surface area contributed by atoms with E-state index < -0.39 is 0 Å². The molecule has 0 aliphatic carbocycles. The zero-order valence-electron chi connectivity index (χ0n) is 7.40. The molecular weight excluding hydrogens is 199 g/mol. The van der Waals surface area contributed by atoms with Gasteiger partial charge in [0.15, 0.2) is 0 Å². The van der Waals surface area contributed by atoms with Gasteiger partial charge in [-0.15, -0.1) is 24.8 Å². The summed E-state index contributed by atoms with van der Waals surface area (Å²) in [5.74, 6) is 0. The van der Waals surface area contributed by atoms with Gasteiger partial charge in [-0.25, -0.2) is 0 Å². The van der Waals surface area contributed by atoms with Crippen LogP contribution in [0.1, 0.15) is 0 Å². The van der Waals surface area contributed by atoms with E-state index in [2.05, 4.69) is 16.8 Å². The monoisotopic (exact) mass is 216 g/mol. The molecule has 76 valence electrons. The number of piperazine rings is 1. The molecule has 1 aliphatic rings. The Morgan fingerprint density at radius 1 is 1.08 bits per heavy atom. The van der Waals surface area contributed by atoms with Crippen LogP contribution < -0.4 is 0 Å². The largest absolute Gasteiger partial charge is 0.395 e. The van der Waals surface area contributed by atoms with E-state index in [4.69, 9.17) is 5.11 Å². The van der Waals surface area contributed by atoms with Crippen molar-refractivity contribution < 1.29 is 5.11 Å². The number of aliphatic hydroxyl groups excluding tert-OH is 1. The zero-order chi connectivity index (χ0) is 7.40. The first-order valence-electron chi connectivity index (χ1n) is 3.84. The van der Waals surface area contributed by atoms with Crippen molar-refractivity contribution in [2.45, 2.75) is 0 Å². The molecule has 0 aromatic carbocycles. The second-order valence-electron chi connectivity index (χ2n) is 2.87. The fraction of sp³-hybridized carbons (Fsp3) is 1.00. The molecule has 1 N–H and O–H groups in total. The Morgan fingerprint density at radius 3 is 2.00 bits per heavy atom. The van der Waals surface area contributed by atoms with Crippen molar-refractivity contribution in [1.29, 1.82) is 0 Å². The highest BCUT2D eigenvalue weighted by Crippen LogP contribution is 1.96.